The second kappa shape index (κ2) is 10.7. The van der Waals surface area contributed by atoms with Crippen LogP contribution in [0.2, 0.25) is 0 Å². The summed E-state index contributed by atoms with van der Waals surface area (Å²) in [6.45, 7) is 2.74. The van der Waals surface area contributed by atoms with Gasteiger partial charge in [-0.3, -0.25) is 4.79 Å². The predicted molar refractivity (Wildman–Crippen MR) is 124 cm³/mol. The molecule has 0 saturated carbocycles. The van der Waals surface area contributed by atoms with Crippen molar-refractivity contribution in [2.45, 2.75) is 43.9 Å². The van der Waals surface area contributed by atoms with Crippen molar-refractivity contribution in [1.82, 2.24) is 10.6 Å². The number of carboxylic acid groups (broad SMARTS) is 1. The second-order valence-electron chi connectivity index (χ2n) is 8.35. The number of benzene rings is 2. The molecule has 34 heavy (non-hydrogen) atoms. The summed E-state index contributed by atoms with van der Waals surface area (Å²) in [4.78, 5) is 37.2. The first-order valence-corrected chi connectivity index (χ1v) is 11.1. The Balaban J connectivity index is 1.74. The normalized spacial score (nSPS) is 15.9. The standard InChI is InChI=1S/C25H30N2O7/c1-4-25(14-33-3,23(31)26-21(15(2)28)22(29)30)27-24(32)34-13-20-18-11-7-5-9-16(18)17-10-6-8-12-19(17)20/h5-12,15,20-21,28H,4,13-14H2,1-3H3,(H,26,31)(H,27,32)(H,29,30)/t15-,21+,25?/m1/s1. The monoisotopic (exact) mass is 470 g/mol. The van der Waals surface area contributed by atoms with Crippen LogP contribution in [0.3, 0.4) is 0 Å². The minimum Gasteiger partial charge on any atom is -0.480 e. The molecule has 2 amide bonds. The number of nitrogens with one attached hydrogen (secondary N) is 2. The molecule has 1 unspecified atom stereocenters. The average molecular weight is 471 g/mol. The summed E-state index contributed by atoms with van der Waals surface area (Å²) in [5.74, 6) is -2.34. The Morgan fingerprint density at radius 3 is 2.09 bits per heavy atom. The van der Waals surface area contributed by atoms with Crippen LogP contribution in [-0.2, 0) is 19.1 Å². The molecule has 0 aromatic heterocycles. The maximum atomic E-state index is 13.0. The van der Waals surface area contributed by atoms with Gasteiger partial charge in [-0.05, 0) is 35.6 Å². The number of hydrogen-bond acceptors (Lipinski definition) is 6. The fourth-order valence-electron chi connectivity index (χ4n) is 4.25. The van der Waals surface area contributed by atoms with Crippen LogP contribution in [0.5, 0.6) is 0 Å². The zero-order valence-corrected chi connectivity index (χ0v) is 19.4. The summed E-state index contributed by atoms with van der Waals surface area (Å²) in [6.07, 6.45) is -2.07. The van der Waals surface area contributed by atoms with E-state index in [2.05, 4.69) is 10.6 Å². The van der Waals surface area contributed by atoms with Crippen LogP contribution in [0.25, 0.3) is 11.1 Å². The molecule has 0 bridgehead atoms. The molecule has 4 N–H and O–H groups in total. The maximum absolute atomic E-state index is 13.0. The minimum atomic E-state index is -1.58. The van der Waals surface area contributed by atoms with E-state index in [0.717, 1.165) is 22.3 Å². The van der Waals surface area contributed by atoms with Gasteiger partial charge in [0.15, 0.2) is 6.04 Å². The van der Waals surface area contributed by atoms with Crippen LogP contribution < -0.4 is 10.6 Å². The number of hydrogen-bond donors (Lipinski definition) is 4. The summed E-state index contributed by atoms with van der Waals surface area (Å²) in [6, 6.07) is 14.3. The Morgan fingerprint density at radius 1 is 1.06 bits per heavy atom. The van der Waals surface area contributed by atoms with E-state index in [1.807, 2.05) is 48.5 Å². The van der Waals surface area contributed by atoms with Crippen molar-refractivity contribution >= 4 is 18.0 Å². The third-order valence-electron chi connectivity index (χ3n) is 6.15. The Labute approximate surface area is 198 Å². The van der Waals surface area contributed by atoms with Gasteiger partial charge in [0, 0.05) is 13.0 Å². The van der Waals surface area contributed by atoms with Crippen molar-refractivity contribution in [3.8, 4) is 11.1 Å². The molecule has 9 nitrogen and oxygen atoms in total. The SMILES string of the molecule is CCC(COC)(NC(=O)OCC1c2ccccc2-c2ccccc21)C(=O)N[C@H](C(=O)O)[C@@H](C)O. The molecule has 0 radical (unpaired) electrons. The topological polar surface area (TPSA) is 134 Å². The fraction of sp³-hybridized carbons (Fsp3) is 0.400. The molecule has 0 aliphatic heterocycles. The lowest BCUT2D eigenvalue weighted by molar-refractivity contribution is -0.146. The number of rotatable bonds is 10. The van der Waals surface area contributed by atoms with Gasteiger partial charge < -0.3 is 30.3 Å². The zero-order valence-electron chi connectivity index (χ0n) is 19.4. The van der Waals surface area contributed by atoms with Gasteiger partial charge in [0.1, 0.15) is 12.1 Å². The highest BCUT2D eigenvalue weighted by Crippen LogP contribution is 2.44. The third-order valence-corrected chi connectivity index (χ3v) is 6.15. The highest BCUT2D eigenvalue weighted by Gasteiger charge is 2.42. The predicted octanol–water partition coefficient (Wildman–Crippen LogP) is 2.27. The van der Waals surface area contributed by atoms with Gasteiger partial charge in [-0.15, -0.1) is 0 Å². The number of carbonyl (C=O) groups is 3. The van der Waals surface area contributed by atoms with Gasteiger partial charge in [0.25, 0.3) is 0 Å². The van der Waals surface area contributed by atoms with E-state index in [1.165, 1.54) is 14.0 Å². The summed E-state index contributed by atoms with van der Waals surface area (Å²) >= 11 is 0. The lowest BCUT2D eigenvalue weighted by atomic mass is 9.95. The molecular weight excluding hydrogens is 440 g/mol. The van der Waals surface area contributed by atoms with Gasteiger partial charge in [0.05, 0.1) is 12.7 Å². The lowest BCUT2D eigenvalue weighted by Gasteiger charge is -2.33. The van der Waals surface area contributed by atoms with E-state index >= 15 is 0 Å². The number of methoxy groups -OCH3 is 1. The van der Waals surface area contributed by atoms with Gasteiger partial charge >= 0.3 is 12.1 Å². The maximum Gasteiger partial charge on any atom is 0.408 e. The van der Waals surface area contributed by atoms with Gasteiger partial charge in [-0.2, -0.15) is 0 Å². The molecule has 3 atom stereocenters. The highest BCUT2D eigenvalue weighted by atomic mass is 16.5. The van der Waals surface area contributed by atoms with Crippen LogP contribution in [0.4, 0.5) is 4.79 Å². The summed E-state index contributed by atoms with van der Waals surface area (Å²) < 4.78 is 10.7. The number of aliphatic hydroxyl groups is 1. The van der Waals surface area contributed by atoms with E-state index in [4.69, 9.17) is 9.47 Å². The van der Waals surface area contributed by atoms with Gasteiger partial charge in [-0.25, -0.2) is 9.59 Å². The van der Waals surface area contributed by atoms with E-state index in [-0.39, 0.29) is 25.6 Å². The van der Waals surface area contributed by atoms with E-state index in [9.17, 15) is 24.6 Å². The molecule has 0 heterocycles. The minimum absolute atomic E-state index is 0.0552. The molecule has 0 fully saturated rings. The first-order chi connectivity index (χ1) is 16.2. The van der Waals surface area contributed by atoms with Crippen molar-refractivity contribution in [1.29, 1.82) is 0 Å². The number of alkyl carbamates (subject to hydrolysis) is 1. The quantitative estimate of drug-likeness (QED) is 0.418. The van der Waals surface area contributed by atoms with Crippen LogP contribution in [0, 0.1) is 0 Å². The van der Waals surface area contributed by atoms with Crippen molar-refractivity contribution in [2.24, 2.45) is 0 Å². The first kappa shape index (κ1) is 25.2. The Morgan fingerprint density at radius 2 is 1.62 bits per heavy atom. The number of fused-ring (bicyclic) bond motifs is 3. The number of ether oxygens (including phenoxy) is 2. The van der Waals surface area contributed by atoms with Gasteiger partial charge in [-0.1, -0.05) is 55.5 Å². The molecule has 2 aromatic carbocycles. The van der Waals surface area contributed by atoms with Crippen molar-refractivity contribution in [3.05, 3.63) is 59.7 Å². The van der Waals surface area contributed by atoms with Crippen LogP contribution in [0.15, 0.2) is 48.5 Å². The van der Waals surface area contributed by atoms with E-state index < -0.39 is 35.7 Å². The van der Waals surface area contributed by atoms with Gasteiger partial charge in [0.2, 0.25) is 5.91 Å². The third kappa shape index (κ3) is 5.05. The molecule has 0 saturated heterocycles. The van der Waals surface area contributed by atoms with Crippen LogP contribution in [0.1, 0.15) is 37.3 Å². The number of aliphatic hydroxyl groups excluding tert-OH is 1. The Hall–Kier alpha value is -3.43. The molecular formula is C25H30N2O7. The molecule has 1 aliphatic carbocycles. The Bertz CT molecular complexity index is 1010. The molecule has 2 aromatic rings. The molecule has 9 heteroatoms. The summed E-state index contributed by atoms with van der Waals surface area (Å²) in [5.41, 5.74) is 2.70. The Kier molecular flexibility index (Phi) is 7.90. The van der Waals surface area contributed by atoms with Crippen LogP contribution >= 0.6 is 0 Å². The van der Waals surface area contributed by atoms with Crippen molar-refractivity contribution < 1.29 is 34.1 Å². The molecule has 1 aliphatic rings. The first-order valence-electron chi connectivity index (χ1n) is 11.1. The van der Waals surface area contributed by atoms with Crippen LogP contribution in [-0.4, -0.2) is 66.2 Å². The molecule has 0 spiro atoms. The lowest BCUT2D eigenvalue weighted by Crippen LogP contribution is -2.64. The smallest absolute Gasteiger partial charge is 0.408 e. The van der Waals surface area contributed by atoms with Crippen molar-refractivity contribution in [3.63, 3.8) is 0 Å². The average Bonchev–Trinajstić information content (AvgIpc) is 3.14. The zero-order chi connectivity index (χ0) is 24.9. The van der Waals surface area contributed by atoms with Crippen molar-refractivity contribution in [2.75, 3.05) is 20.3 Å². The second-order valence-corrected chi connectivity index (χ2v) is 8.35. The number of aliphatic carboxylic acids is 1. The summed E-state index contributed by atoms with van der Waals surface area (Å²) in [5, 5.41) is 23.8. The van der Waals surface area contributed by atoms with E-state index in [1.54, 1.807) is 6.92 Å². The number of amides is 2. The molecule has 182 valence electrons. The highest BCUT2D eigenvalue weighted by molar-refractivity contribution is 5.93. The van der Waals surface area contributed by atoms with E-state index in [0.29, 0.717) is 0 Å². The molecule has 3 rings (SSSR count). The number of carbonyl (C=O) groups excluding carboxylic acids is 2. The number of carboxylic acids is 1. The largest absolute Gasteiger partial charge is 0.480 e. The fourth-order valence-corrected chi connectivity index (χ4v) is 4.25. The summed E-state index contributed by atoms with van der Waals surface area (Å²) in [7, 11) is 1.36.